The third kappa shape index (κ3) is 4.27. The Bertz CT molecular complexity index is 635. The lowest BCUT2D eigenvalue weighted by Crippen LogP contribution is -2.31. The fourth-order valence-electron chi connectivity index (χ4n) is 1.78. The van der Waals surface area contributed by atoms with Crippen LogP contribution >= 0.6 is 62.1 Å². The Morgan fingerprint density at radius 3 is 2.52 bits per heavy atom. The standard InChI is InChI=1S/C14H13BrCl3NOS/c1-2-10(19)14(12-3-4-13(18)21-12)20-11-6-8(16)7(15)5-9(11)17/h3-6,10,14H,2,19H2,1H3. The minimum Gasteiger partial charge on any atom is -0.482 e. The van der Waals surface area contributed by atoms with Crippen LogP contribution in [0, 0.1) is 0 Å². The van der Waals surface area contributed by atoms with Gasteiger partial charge in [0.15, 0.2) is 0 Å². The van der Waals surface area contributed by atoms with Crippen molar-refractivity contribution < 1.29 is 4.74 Å². The smallest absolute Gasteiger partial charge is 0.148 e. The number of ether oxygens (including phenoxy) is 1. The fourth-order valence-corrected chi connectivity index (χ4v) is 3.79. The number of nitrogens with two attached hydrogens (primary N) is 1. The predicted octanol–water partition coefficient (Wildman–Crippen LogP) is 6.33. The summed E-state index contributed by atoms with van der Waals surface area (Å²) < 4.78 is 7.44. The maximum atomic E-state index is 6.21. The third-order valence-electron chi connectivity index (χ3n) is 2.96. The molecule has 0 aliphatic rings. The van der Waals surface area contributed by atoms with Crippen molar-refractivity contribution in [3.05, 3.63) is 48.0 Å². The number of halogens is 4. The number of hydrogen-bond acceptors (Lipinski definition) is 3. The van der Waals surface area contributed by atoms with Crippen molar-refractivity contribution in [2.75, 3.05) is 0 Å². The zero-order valence-electron chi connectivity index (χ0n) is 11.1. The first-order chi connectivity index (χ1) is 9.92. The molecule has 7 heteroatoms. The lowest BCUT2D eigenvalue weighted by molar-refractivity contribution is 0.175. The van der Waals surface area contributed by atoms with Gasteiger partial charge in [0.25, 0.3) is 0 Å². The lowest BCUT2D eigenvalue weighted by Gasteiger charge is -2.24. The van der Waals surface area contributed by atoms with Crippen LogP contribution in [0.2, 0.25) is 14.4 Å². The molecule has 0 bridgehead atoms. The van der Waals surface area contributed by atoms with Crippen molar-refractivity contribution >= 4 is 62.1 Å². The van der Waals surface area contributed by atoms with E-state index >= 15 is 0 Å². The first-order valence-corrected chi connectivity index (χ1v) is 8.98. The highest BCUT2D eigenvalue weighted by Gasteiger charge is 2.23. The van der Waals surface area contributed by atoms with Gasteiger partial charge in [0.1, 0.15) is 11.9 Å². The minimum atomic E-state index is -0.317. The van der Waals surface area contributed by atoms with Crippen LogP contribution < -0.4 is 10.5 Å². The van der Waals surface area contributed by atoms with Gasteiger partial charge in [0.2, 0.25) is 0 Å². The molecule has 2 atom stereocenters. The van der Waals surface area contributed by atoms with E-state index in [-0.39, 0.29) is 12.1 Å². The average Bonchev–Trinajstić information content (AvgIpc) is 2.87. The van der Waals surface area contributed by atoms with Gasteiger partial charge in [-0.3, -0.25) is 0 Å². The average molecular weight is 430 g/mol. The summed E-state index contributed by atoms with van der Waals surface area (Å²) in [5, 5.41) is 1.00. The summed E-state index contributed by atoms with van der Waals surface area (Å²) in [5.74, 6) is 0.503. The topological polar surface area (TPSA) is 35.2 Å². The summed E-state index contributed by atoms with van der Waals surface area (Å²) >= 11 is 23.1. The number of rotatable bonds is 5. The Kier molecular flexibility index (Phi) is 6.24. The van der Waals surface area contributed by atoms with Crippen LogP contribution in [0.25, 0.3) is 0 Å². The molecule has 0 fully saturated rings. The van der Waals surface area contributed by atoms with Gasteiger partial charge >= 0.3 is 0 Å². The molecule has 1 heterocycles. The van der Waals surface area contributed by atoms with E-state index in [1.165, 1.54) is 11.3 Å². The summed E-state index contributed by atoms with van der Waals surface area (Å²) in [6.45, 7) is 2.01. The van der Waals surface area contributed by atoms with Crippen LogP contribution in [0.5, 0.6) is 5.75 Å². The summed E-state index contributed by atoms with van der Waals surface area (Å²) in [4.78, 5) is 0.962. The molecule has 1 aromatic heterocycles. The lowest BCUT2D eigenvalue weighted by atomic mass is 10.1. The Balaban J connectivity index is 2.33. The van der Waals surface area contributed by atoms with Crippen molar-refractivity contribution in [3.63, 3.8) is 0 Å². The normalized spacial score (nSPS) is 14.0. The number of benzene rings is 1. The highest BCUT2D eigenvalue weighted by molar-refractivity contribution is 9.10. The van der Waals surface area contributed by atoms with E-state index in [2.05, 4.69) is 15.9 Å². The third-order valence-corrected chi connectivity index (χ3v) is 5.75. The molecule has 0 amide bonds. The molecule has 2 aromatic rings. The zero-order chi connectivity index (χ0) is 15.6. The largest absolute Gasteiger partial charge is 0.482 e. The van der Waals surface area contributed by atoms with Gasteiger partial charge < -0.3 is 10.5 Å². The second-order valence-electron chi connectivity index (χ2n) is 4.45. The van der Waals surface area contributed by atoms with Gasteiger partial charge in [-0.05, 0) is 40.5 Å². The van der Waals surface area contributed by atoms with E-state index in [0.717, 1.165) is 15.8 Å². The Labute approximate surface area is 151 Å². The van der Waals surface area contributed by atoms with Gasteiger partial charge in [-0.1, -0.05) is 41.7 Å². The highest BCUT2D eigenvalue weighted by Crippen LogP contribution is 2.38. The summed E-state index contributed by atoms with van der Waals surface area (Å²) in [7, 11) is 0. The van der Waals surface area contributed by atoms with Crippen LogP contribution in [-0.4, -0.2) is 6.04 Å². The van der Waals surface area contributed by atoms with E-state index in [1.807, 2.05) is 19.1 Å². The molecule has 2 unspecified atom stereocenters. The molecule has 0 saturated heterocycles. The SMILES string of the molecule is CCC(N)C(Oc1cc(Cl)c(Br)cc1Cl)c1ccc(Cl)s1. The molecule has 0 spiro atoms. The van der Waals surface area contributed by atoms with Crippen molar-refractivity contribution in [2.45, 2.75) is 25.5 Å². The monoisotopic (exact) mass is 427 g/mol. The molecule has 2 rings (SSSR count). The van der Waals surface area contributed by atoms with E-state index in [0.29, 0.717) is 20.1 Å². The molecule has 114 valence electrons. The molecule has 2 nitrogen and oxygen atoms in total. The van der Waals surface area contributed by atoms with Crippen LogP contribution in [-0.2, 0) is 0 Å². The Hall–Kier alpha value is 0.0300. The van der Waals surface area contributed by atoms with Crippen molar-refractivity contribution in [1.29, 1.82) is 0 Å². The number of thiophene rings is 1. The molecule has 21 heavy (non-hydrogen) atoms. The van der Waals surface area contributed by atoms with Gasteiger partial charge in [-0.2, -0.15) is 0 Å². The molecule has 0 aliphatic heterocycles. The summed E-state index contributed by atoms with van der Waals surface area (Å²) in [6, 6.07) is 6.96. The molecule has 0 aliphatic carbocycles. The first kappa shape index (κ1) is 17.4. The molecule has 0 radical (unpaired) electrons. The van der Waals surface area contributed by atoms with Gasteiger partial charge in [-0.25, -0.2) is 0 Å². The van der Waals surface area contributed by atoms with Crippen molar-refractivity contribution in [3.8, 4) is 5.75 Å². The van der Waals surface area contributed by atoms with Crippen molar-refractivity contribution in [1.82, 2.24) is 0 Å². The van der Waals surface area contributed by atoms with Crippen LogP contribution in [0.3, 0.4) is 0 Å². The van der Waals surface area contributed by atoms with E-state index in [9.17, 15) is 0 Å². The van der Waals surface area contributed by atoms with E-state index in [4.69, 9.17) is 45.3 Å². The van der Waals surface area contributed by atoms with E-state index < -0.39 is 0 Å². The maximum Gasteiger partial charge on any atom is 0.148 e. The van der Waals surface area contributed by atoms with Gasteiger partial charge in [0, 0.05) is 21.5 Å². The van der Waals surface area contributed by atoms with Crippen LogP contribution in [0.15, 0.2) is 28.7 Å². The second kappa shape index (κ2) is 7.53. The van der Waals surface area contributed by atoms with Gasteiger partial charge in [0.05, 0.1) is 14.4 Å². The minimum absolute atomic E-state index is 0.168. The molecular formula is C14H13BrCl3NOS. The first-order valence-electron chi connectivity index (χ1n) is 6.24. The fraction of sp³-hybridized carbons (Fsp3) is 0.286. The molecular weight excluding hydrogens is 416 g/mol. The zero-order valence-corrected chi connectivity index (χ0v) is 15.7. The van der Waals surface area contributed by atoms with Crippen molar-refractivity contribution in [2.24, 2.45) is 5.73 Å². The van der Waals surface area contributed by atoms with Gasteiger partial charge in [-0.15, -0.1) is 11.3 Å². The Morgan fingerprint density at radius 1 is 1.24 bits per heavy atom. The Morgan fingerprint density at radius 2 is 1.95 bits per heavy atom. The highest BCUT2D eigenvalue weighted by atomic mass is 79.9. The summed E-state index contributed by atoms with van der Waals surface area (Å²) in [6.07, 6.45) is 0.449. The maximum absolute atomic E-state index is 6.21. The number of hydrogen-bond donors (Lipinski definition) is 1. The molecule has 2 N–H and O–H groups in total. The summed E-state index contributed by atoms with van der Waals surface area (Å²) in [5.41, 5.74) is 6.18. The molecule has 0 saturated carbocycles. The molecule has 1 aromatic carbocycles. The van der Waals surface area contributed by atoms with Crippen LogP contribution in [0.1, 0.15) is 24.3 Å². The van der Waals surface area contributed by atoms with Crippen LogP contribution in [0.4, 0.5) is 0 Å². The quantitative estimate of drug-likeness (QED) is 0.564. The second-order valence-corrected chi connectivity index (χ2v) is 7.86. The van der Waals surface area contributed by atoms with E-state index in [1.54, 1.807) is 12.1 Å². The predicted molar refractivity (Wildman–Crippen MR) is 95.1 cm³/mol.